The predicted molar refractivity (Wildman–Crippen MR) is 111 cm³/mol. The standard InChI is InChI=1S/C22H26N2O5/c1-4-10-29-18-7-5-6-16(12-18)23-22(26)15-11-21(25)24(14-15)17-8-9-19(27-2)20(13-17)28-3/h5-9,12-13,15H,4,10-11,14H2,1-3H3,(H,23,26). The van der Waals surface area contributed by atoms with Crippen LogP contribution < -0.4 is 24.4 Å². The van der Waals surface area contributed by atoms with Crippen LogP contribution in [0.25, 0.3) is 0 Å². The molecule has 3 rings (SSSR count). The van der Waals surface area contributed by atoms with Gasteiger partial charge in [0.1, 0.15) is 5.75 Å². The van der Waals surface area contributed by atoms with Crippen molar-refractivity contribution in [2.24, 2.45) is 5.92 Å². The normalized spacial score (nSPS) is 15.9. The topological polar surface area (TPSA) is 77.1 Å². The Kier molecular flexibility index (Phi) is 6.59. The Labute approximate surface area is 170 Å². The molecule has 2 aromatic carbocycles. The number of hydrogen-bond acceptors (Lipinski definition) is 5. The first-order valence-corrected chi connectivity index (χ1v) is 9.61. The molecule has 1 aliphatic heterocycles. The van der Waals surface area contributed by atoms with Crippen LogP contribution in [-0.4, -0.2) is 39.2 Å². The summed E-state index contributed by atoms with van der Waals surface area (Å²) in [4.78, 5) is 26.8. The van der Waals surface area contributed by atoms with Crippen molar-refractivity contribution in [2.45, 2.75) is 19.8 Å². The van der Waals surface area contributed by atoms with Gasteiger partial charge in [-0.15, -0.1) is 0 Å². The molecule has 1 N–H and O–H groups in total. The Morgan fingerprint density at radius 1 is 1.14 bits per heavy atom. The zero-order valence-corrected chi connectivity index (χ0v) is 16.9. The minimum Gasteiger partial charge on any atom is -0.494 e. The number of nitrogens with zero attached hydrogens (tertiary/aromatic N) is 1. The molecule has 1 aliphatic rings. The first-order valence-electron chi connectivity index (χ1n) is 9.61. The van der Waals surface area contributed by atoms with Gasteiger partial charge in [0.05, 0.1) is 26.7 Å². The van der Waals surface area contributed by atoms with Gasteiger partial charge in [-0.05, 0) is 30.7 Å². The smallest absolute Gasteiger partial charge is 0.229 e. The van der Waals surface area contributed by atoms with Crippen LogP contribution in [0.3, 0.4) is 0 Å². The molecule has 2 aromatic rings. The molecule has 7 heteroatoms. The fourth-order valence-electron chi connectivity index (χ4n) is 3.25. The van der Waals surface area contributed by atoms with Crippen molar-refractivity contribution in [3.8, 4) is 17.2 Å². The number of nitrogens with one attached hydrogen (secondary N) is 1. The largest absolute Gasteiger partial charge is 0.494 e. The molecule has 29 heavy (non-hydrogen) atoms. The first-order chi connectivity index (χ1) is 14.0. The van der Waals surface area contributed by atoms with E-state index in [9.17, 15) is 9.59 Å². The third-order valence-electron chi connectivity index (χ3n) is 4.75. The van der Waals surface area contributed by atoms with E-state index in [2.05, 4.69) is 5.32 Å². The van der Waals surface area contributed by atoms with Crippen molar-refractivity contribution in [1.82, 2.24) is 0 Å². The summed E-state index contributed by atoms with van der Waals surface area (Å²) in [5.41, 5.74) is 1.33. The number of methoxy groups -OCH3 is 2. The van der Waals surface area contributed by atoms with Crippen LogP contribution in [0, 0.1) is 5.92 Å². The minimum absolute atomic E-state index is 0.0996. The highest BCUT2D eigenvalue weighted by atomic mass is 16.5. The van der Waals surface area contributed by atoms with E-state index in [1.54, 1.807) is 49.5 Å². The first kappa shape index (κ1) is 20.5. The lowest BCUT2D eigenvalue weighted by molar-refractivity contribution is -0.122. The third kappa shape index (κ3) is 4.80. The van der Waals surface area contributed by atoms with Crippen LogP contribution in [0.2, 0.25) is 0 Å². The molecule has 0 aliphatic carbocycles. The Balaban J connectivity index is 1.68. The second-order valence-electron chi connectivity index (χ2n) is 6.81. The van der Waals surface area contributed by atoms with Gasteiger partial charge in [-0.2, -0.15) is 0 Å². The molecule has 154 valence electrons. The summed E-state index contributed by atoms with van der Waals surface area (Å²) in [5.74, 6) is 1.11. The van der Waals surface area contributed by atoms with Gasteiger partial charge in [-0.3, -0.25) is 9.59 Å². The maximum atomic E-state index is 12.7. The van der Waals surface area contributed by atoms with Gasteiger partial charge in [0, 0.05) is 36.5 Å². The van der Waals surface area contributed by atoms with Gasteiger partial charge in [0.25, 0.3) is 0 Å². The van der Waals surface area contributed by atoms with Crippen LogP contribution in [0.4, 0.5) is 11.4 Å². The molecule has 0 aromatic heterocycles. The third-order valence-corrected chi connectivity index (χ3v) is 4.75. The molecule has 2 amide bonds. The van der Waals surface area contributed by atoms with E-state index >= 15 is 0 Å². The monoisotopic (exact) mass is 398 g/mol. The maximum Gasteiger partial charge on any atom is 0.229 e. The molecule has 1 heterocycles. The molecule has 0 spiro atoms. The Morgan fingerprint density at radius 3 is 2.66 bits per heavy atom. The van der Waals surface area contributed by atoms with Crippen LogP contribution >= 0.6 is 0 Å². The number of carbonyl (C=O) groups is 2. The van der Waals surface area contributed by atoms with E-state index < -0.39 is 5.92 Å². The number of amides is 2. The highest BCUT2D eigenvalue weighted by molar-refractivity contribution is 6.03. The summed E-state index contributed by atoms with van der Waals surface area (Å²) < 4.78 is 16.1. The van der Waals surface area contributed by atoms with Crippen LogP contribution in [-0.2, 0) is 9.59 Å². The minimum atomic E-state index is -0.434. The van der Waals surface area contributed by atoms with Crippen LogP contribution in [0.1, 0.15) is 19.8 Å². The van der Waals surface area contributed by atoms with Crippen molar-refractivity contribution in [3.63, 3.8) is 0 Å². The lowest BCUT2D eigenvalue weighted by Crippen LogP contribution is -2.28. The maximum absolute atomic E-state index is 12.7. The van der Waals surface area contributed by atoms with Gasteiger partial charge in [0.2, 0.25) is 11.8 Å². The van der Waals surface area contributed by atoms with Crippen LogP contribution in [0.5, 0.6) is 17.2 Å². The molecular formula is C22H26N2O5. The molecule has 0 saturated carbocycles. The second kappa shape index (κ2) is 9.32. The zero-order valence-electron chi connectivity index (χ0n) is 16.9. The van der Waals surface area contributed by atoms with Crippen molar-refractivity contribution in [3.05, 3.63) is 42.5 Å². The summed E-state index contributed by atoms with van der Waals surface area (Å²) in [5, 5.41) is 2.89. The molecule has 1 fully saturated rings. The molecule has 1 unspecified atom stereocenters. The van der Waals surface area contributed by atoms with E-state index in [1.165, 1.54) is 0 Å². The quantitative estimate of drug-likeness (QED) is 0.737. The summed E-state index contributed by atoms with van der Waals surface area (Å²) in [6, 6.07) is 12.5. The van der Waals surface area contributed by atoms with Crippen molar-refractivity contribution >= 4 is 23.2 Å². The number of rotatable bonds is 8. The zero-order chi connectivity index (χ0) is 20.8. The summed E-state index contributed by atoms with van der Waals surface area (Å²) in [6.07, 6.45) is 1.07. The Morgan fingerprint density at radius 2 is 1.93 bits per heavy atom. The molecule has 7 nitrogen and oxygen atoms in total. The SMILES string of the molecule is CCCOc1cccc(NC(=O)C2CC(=O)N(c3ccc(OC)c(OC)c3)C2)c1. The lowest BCUT2D eigenvalue weighted by atomic mass is 10.1. The Bertz CT molecular complexity index is 883. The highest BCUT2D eigenvalue weighted by Crippen LogP contribution is 2.34. The fourth-order valence-corrected chi connectivity index (χ4v) is 3.25. The summed E-state index contributed by atoms with van der Waals surface area (Å²) in [7, 11) is 3.10. The van der Waals surface area contributed by atoms with E-state index in [0.29, 0.717) is 41.8 Å². The average molecular weight is 398 g/mol. The molecular weight excluding hydrogens is 372 g/mol. The van der Waals surface area contributed by atoms with Gasteiger partial charge in [0.15, 0.2) is 11.5 Å². The van der Waals surface area contributed by atoms with E-state index in [4.69, 9.17) is 14.2 Å². The Hall–Kier alpha value is -3.22. The van der Waals surface area contributed by atoms with Gasteiger partial charge < -0.3 is 24.4 Å². The molecule has 0 bridgehead atoms. The number of hydrogen-bond donors (Lipinski definition) is 1. The van der Waals surface area contributed by atoms with E-state index in [0.717, 1.165) is 6.42 Å². The van der Waals surface area contributed by atoms with Crippen LogP contribution in [0.15, 0.2) is 42.5 Å². The molecule has 0 radical (unpaired) electrons. The predicted octanol–water partition coefficient (Wildman–Crippen LogP) is 3.48. The molecule has 1 saturated heterocycles. The number of ether oxygens (including phenoxy) is 3. The highest BCUT2D eigenvalue weighted by Gasteiger charge is 2.35. The lowest BCUT2D eigenvalue weighted by Gasteiger charge is -2.18. The summed E-state index contributed by atoms with van der Waals surface area (Å²) >= 11 is 0. The van der Waals surface area contributed by atoms with Gasteiger partial charge in [-0.25, -0.2) is 0 Å². The number of benzene rings is 2. The van der Waals surface area contributed by atoms with E-state index in [-0.39, 0.29) is 18.2 Å². The van der Waals surface area contributed by atoms with Gasteiger partial charge in [-0.1, -0.05) is 13.0 Å². The fraction of sp³-hybridized carbons (Fsp3) is 0.364. The van der Waals surface area contributed by atoms with Gasteiger partial charge >= 0.3 is 0 Å². The van der Waals surface area contributed by atoms with Crippen molar-refractivity contribution < 1.29 is 23.8 Å². The number of anilines is 2. The van der Waals surface area contributed by atoms with Crippen molar-refractivity contribution in [1.29, 1.82) is 0 Å². The second-order valence-corrected chi connectivity index (χ2v) is 6.81. The average Bonchev–Trinajstić information content (AvgIpc) is 3.13. The summed E-state index contributed by atoms with van der Waals surface area (Å²) in [6.45, 7) is 2.97. The van der Waals surface area contributed by atoms with E-state index in [1.807, 2.05) is 19.1 Å². The number of carbonyl (C=O) groups excluding carboxylic acids is 2. The van der Waals surface area contributed by atoms with Crippen molar-refractivity contribution in [2.75, 3.05) is 37.6 Å². The molecule has 1 atom stereocenters.